The Labute approximate surface area is 129 Å². The summed E-state index contributed by atoms with van der Waals surface area (Å²) in [6.07, 6.45) is 2.06. The molecule has 1 unspecified atom stereocenters. The normalized spacial score (nSPS) is 12.4. The molecule has 4 heteroatoms. The van der Waals surface area contributed by atoms with Crippen LogP contribution in [0.15, 0.2) is 35.2 Å². The summed E-state index contributed by atoms with van der Waals surface area (Å²) in [5.74, 6) is -0.0207. The SMILES string of the molecule is CSc1ccccc1-n1c(C)cc(C(=O)C(C)Cl)c1C. The fourth-order valence-corrected chi connectivity index (χ4v) is 3.11. The van der Waals surface area contributed by atoms with Gasteiger partial charge in [-0.3, -0.25) is 4.79 Å². The predicted octanol–water partition coefficient (Wildman–Crippen LogP) is 4.63. The summed E-state index contributed by atoms with van der Waals surface area (Å²) in [5.41, 5.74) is 3.81. The van der Waals surface area contributed by atoms with Crippen molar-refractivity contribution in [2.75, 3.05) is 6.26 Å². The molecule has 0 radical (unpaired) electrons. The summed E-state index contributed by atoms with van der Waals surface area (Å²) in [6.45, 7) is 5.70. The quantitative estimate of drug-likeness (QED) is 0.467. The highest BCUT2D eigenvalue weighted by Gasteiger charge is 2.20. The molecule has 0 amide bonds. The minimum atomic E-state index is -0.500. The van der Waals surface area contributed by atoms with Gasteiger partial charge in [0.05, 0.1) is 11.1 Å². The van der Waals surface area contributed by atoms with Crippen LogP contribution in [-0.4, -0.2) is 22.0 Å². The average molecular weight is 308 g/mol. The van der Waals surface area contributed by atoms with Gasteiger partial charge in [-0.05, 0) is 45.2 Å². The van der Waals surface area contributed by atoms with E-state index in [-0.39, 0.29) is 5.78 Å². The Morgan fingerprint density at radius 1 is 1.30 bits per heavy atom. The van der Waals surface area contributed by atoms with E-state index in [0.29, 0.717) is 5.56 Å². The average Bonchev–Trinajstić information content (AvgIpc) is 2.73. The van der Waals surface area contributed by atoms with Crippen molar-refractivity contribution in [1.29, 1.82) is 0 Å². The molecule has 0 aliphatic heterocycles. The van der Waals surface area contributed by atoms with Crippen molar-refractivity contribution in [3.8, 4) is 5.69 Å². The highest BCUT2D eigenvalue weighted by Crippen LogP contribution is 2.29. The van der Waals surface area contributed by atoms with Crippen LogP contribution in [0.1, 0.15) is 28.7 Å². The Kier molecular flexibility index (Phi) is 4.61. The smallest absolute Gasteiger partial charge is 0.182 e. The van der Waals surface area contributed by atoms with Crippen molar-refractivity contribution < 1.29 is 4.79 Å². The van der Waals surface area contributed by atoms with Gasteiger partial charge < -0.3 is 4.57 Å². The molecule has 0 spiro atoms. The maximum absolute atomic E-state index is 12.2. The van der Waals surface area contributed by atoms with E-state index in [0.717, 1.165) is 17.1 Å². The second-order valence-corrected chi connectivity index (χ2v) is 6.28. The molecule has 1 atom stereocenters. The largest absolute Gasteiger partial charge is 0.317 e. The van der Waals surface area contributed by atoms with Crippen molar-refractivity contribution in [3.05, 3.63) is 47.3 Å². The van der Waals surface area contributed by atoms with Gasteiger partial charge in [0.2, 0.25) is 0 Å². The van der Waals surface area contributed by atoms with Crippen molar-refractivity contribution >= 4 is 29.1 Å². The molecule has 0 aliphatic carbocycles. The summed E-state index contributed by atoms with van der Waals surface area (Å²) in [4.78, 5) is 13.4. The molecule has 1 heterocycles. The Balaban J connectivity index is 2.62. The monoisotopic (exact) mass is 307 g/mol. The van der Waals surface area contributed by atoms with Crippen LogP contribution in [0, 0.1) is 13.8 Å². The van der Waals surface area contributed by atoms with Crippen molar-refractivity contribution in [2.45, 2.75) is 31.0 Å². The molecule has 1 aromatic heterocycles. The van der Waals surface area contributed by atoms with Crippen LogP contribution in [0.4, 0.5) is 0 Å². The topological polar surface area (TPSA) is 22.0 Å². The number of halogens is 1. The third kappa shape index (κ3) is 2.65. The lowest BCUT2D eigenvalue weighted by atomic mass is 10.1. The first-order chi connectivity index (χ1) is 9.47. The minimum absolute atomic E-state index is 0.0207. The number of carbonyl (C=O) groups is 1. The zero-order valence-electron chi connectivity index (χ0n) is 12.1. The first-order valence-corrected chi connectivity index (χ1v) is 8.14. The van der Waals surface area contributed by atoms with Crippen LogP contribution in [0.2, 0.25) is 0 Å². The molecule has 0 N–H and O–H groups in total. The molecular weight excluding hydrogens is 290 g/mol. The molecule has 0 bridgehead atoms. The van der Waals surface area contributed by atoms with Gasteiger partial charge in [-0.15, -0.1) is 23.4 Å². The minimum Gasteiger partial charge on any atom is -0.317 e. The lowest BCUT2D eigenvalue weighted by molar-refractivity contribution is 0.0991. The number of thioether (sulfide) groups is 1. The zero-order chi connectivity index (χ0) is 14.9. The number of para-hydroxylation sites is 1. The van der Waals surface area contributed by atoms with Crippen molar-refractivity contribution in [3.63, 3.8) is 0 Å². The third-order valence-electron chi connectivity index (χ3n) is 3.38. The molecule has 0 aliphatic rings. The van der Waals surface area contributed by atoms with Crippen LogP contribution in [0.3, 0.4) is 0 Å². The Bertz CT molecular complexity index is 646. The first-order valence-electron chi connectivity index (χ1n) is 6.48. The van der Waals surface area contributed by atoms with E-state index in [4.69, 9.17) is 11.6 Å². The predicted molar refractivity (Wildman–Crippen MR) is 86.7 cm³/mol. The number of carbonyl (C=O) groups excluding carboxylic acids is 1. The second kappa shape index (κ2) is 6.06. The number of alkyl halides is 1. The van der Waals surface area contributed by atoms with Crippen molar-refractivity contribution in [1.82, 2.24) is 4.57 Å². The highest BCUT2D eigenvalue weighted by molar-refractivity contribution is 7.98. The lowest BCUT2D eigenvalue weighted by Gasteiger charge is -2.13. The van der Waals surface area contributed by atoms with Crippen LogP contribution in [0.5, 0.6) is 0 Å². The second-order valence-electron chi connectivity index (χ2n) is 4.77. The molecule has 2 aromatic rings. The van der Waals surface area contributed by atoms with E-state index in [1.165, 1.54) is 4.90 Å². The van der Waals surface area contributed by atoms with E-state index in [2.05, 4.69) is 23.0 Å². The number of ketones is 1. The number of nitrogens with zero attached hydrogens (tertiary/aromatic N) is 1. The van der Waals surface area contributed by atoms with E-state index in [9.17, 15) is 4.79 Å². The maximum atomic E-state index is 12.2. The summed E-state index contributed by atoms with van der Waals surface area (Å²) in [7, 11) is 0. The van der Waals surface area contributed by atoms with Gasteiger partial charge in [0.15, 0.2) is 5.78 Å². The number of benzene rings is 1. The van der Waals surface area contributed by atoms with Crippen LogP contribution in [-0.2, 0) is 0 Å². The molecule has 1 aromatic carbocycles. The van der Waals surface area contributed by atoms with E-state index in [1.54, 1.807) is 18.7 Å². The van der Waals surface area contributed by atoms with Gasteiger partial charge in [-0.2, -0.15) is 0 Å². The Morgan fingerprint density at radius 3 is 2.55 bits per heavy atom. The molecule has 106 valence electrons. The first kappa shape index (κ1) is 15.2. The molecule has 0 fully saturated rings. The number of aromatic nitrogens is 1. The van der Waals surface area contributed by atoms with Crippen LogP contribution in [0.25, 0.3) is 5.69 Å². The molecule has 2 rings (SSSR count). The number of hydrogen-bond acceptors (Lipinski definition) is 2. The van der Waals surface area contributed by atoms with Crippen LogP contribution < -0.4 is 0 Å². The standard InChI is InChI=1S/C16H18ClNOS/c1-10-9-13(16(19)11(2)17)12(3)18(10)14-7-5-6-8-15(14)20-4/h5-9,11H,1-4H3. The molecule has 0 saturated heterocycles. The van der Waals surface area contributed by atoms with Gasteiger partial charge in [0.1, 0.15) is 0 Å². The maximum Gasteiger partial charge on any atom is 0.182 e. The number of rotatable bonds is 4. The summed E-state index contributed by atoms with van der Waals surface area (Å²) >= 11 is 7.64. The number of hydrogen-bond donors (Lipinski definition) is 0. The van der Waals surface area contributed by atoms with Crippen molar-refractivity contribution in [2.24, 2.45) is 0 Å². The number of aryl methyl sites for hydroxylation is 1. The van der Waals surface area contributed by atoms with Gasteiger partial charge in [0.25, 0.3) is 0 Å². The number of Topliss-reactive ketones (excluding diaryl/α,β-unsaturated/α-hetero) is 1. The summed E-state index contributed by atoms with van der Waals surface area (Å²) in [6, 6.07) is 10.1. The Hall–Kier alpha value is -1.19. The molecular formula is C16H18ClNOS. The van der Waals surface area contributed by atoms with E-state index >= 15 is 0 Å². The fourth-order valence-electron chi connectivity index (χ4n) is 2.41. The lowest BCUT2D eigenvalue weighted by Crippen LogP contribution is -2.11. The highest BCUT2D eigenvalue weighted by atomic mass is 35.5. The van der Waals surface area contributed by atoms with Gasteiger partial charge in [0, 0.05) is 21.8 Å². The van der Waals surface area contributed by atoms with Gasteiger partial charge in [-0.25, -0.2) is 0 Å². The third-order valence-corrected chi connectivity index (χ3v) is 4.37. The van der Waals surface area contributed by atoms with Gasteiger partial charge >= 0.3 is 0 Å². The molecule has 0 saturated carbocycles. The fraction of sp³-hybridized carbons (Fsp3) is 0.312. The molecule has 20 heavy (non-hydrogen) atoms. The summed E-state index contributed by atoms with van der Waals surface area (Å²) < 4.78 is 2.12. The Morgan fingerprint density at radius 2 is 1.95 bits per heavy atom. The van der Waals surface area contributed by atoms with E-state index in [1.807, 2.05) is 32.0 Å². The van der Waals surface area contributed by atoms with E-state index < -0.39 is 5.38 Å². The molecule has 2 nitrogen and oxygen atoms in total. The van der Waals surface area contributed by atoms with Crippen LogP contribution >= 0.6 is 23.4 Å². The van der Waals surface area contributed by atoms with Gasteiger partial charge in [-0.1, -0.05) is 12.1 Å². The summed E-state index contributed by atoms with van der Waals surface area (Å²) in [5, 5.41) is -0.500. The zero-order valence-corrected chi connectivity index (χ0v) is 13.7.